The van der Waals surface area contributed by atoms with Gasteiger partial charge in [-0.3, -0.25) is 0 Å². The summed E-state index contributed by atoms with van der Waals surface area (Å²) in [7, 11) is 0. The van der Waals surface area contributed by atoms with Gasteiger partial charge in [-0.05, 0) is 0 Å². The molecule has 0 aromatic rings. The molecule has 0 aliphatic heterocycles. The fraction of sp³-hybridized carbons (Fsp3) is 0.889. The van der Waals surface area contributed by atoms with Crippen molar-refractivity contribution in [1.29, 1.82) is 0 Å². The van der Waals surface area contributed by atoms with Crippen LogP contribution < -0.4 is 0 Å². The zero-order chi connectivity index (χ0) is 7.28. The van der Waals surface area contributed by atoms with E-state index in [-0.39, 0.29) is 0 Å². The van der Waals surface area contributed by atoms with Crippen molar-refractivity contribution in [2.75, 3.05) is 0 Å². The van der Waals surface area contributed by atoms with E-state index >= 15 is 0 Å². The van der Waals surface area contributed by atoms with E-state index < -0.39 is 0 Å². The van der Waals surface area contributed by atoms with Crippen LogP contribution in [0.5, 0.6) is 0 Å². The van der Waals surface area contributed by atoms with Crippen molar-refractivity contribution in [2.45, 2.75) is 40.5 Å². The number of hydrogen-bond acceptors (Lipinski definition) is 0. The van der Waals surface area contributed by atoms with Crippen LogP contribution in [0.2, 0.25) is 0 Å². The van der Waals surface area contributed by atoms with Gasteiger partial charge in [0.15, 0.2) is 0 Å². The van der Waals surface area contributed by atoms with E-state index in [2.05, 4.69) is 34.1 Å². The molecule has 0 fully saturated rings. The van der Waals surface area contributed by atoms with E-state index in [1.807, 2.05) is 0 Å². The predicted molar refractivity (Wildman–Crippen MR) is 43.2 cm³/mol. The van der Waals surface area contributed by atoms with Gasteiger partial charge >= 0.3 is 0 Å². The van der Waals surface area contributed by atoms with Gasteiger partial charge in [0.1, 0.15) is 0 Å². The monoisotopic (exact) mass is 127 g/mol. The van der Waals surface area contributed by atoms with Crippen molar-refractivity contribution in [2.24, 2.45) is 11.8 Å². The van der Waals surface area contributed by atoms with Crippen molar-refractivity contribution in [1.82, 2.24) is 0 Å². The first kappa shape index (κ1) is 9.00. The lowest BCUT2D eigenvalue weighted by Gasteiger charge is -2.26. The van der Waals surface area contributed by atoms with E-state index in [4.69, 9.17) is 0 Å². The molecule has 0 aromatic heterocycles. The molecule has 0 saturated heterocycles. The highest BCUT2D eigenvalue weighted by molar-refractivity contribution is 4.73. The van der Waals surface area contributed by atoms with Crippen LogP contribution >= 0.6 is 0 Å². The van der Waals surface area contributed by atoms with E-state index in [0.717, 1.165) is 11.8 Å². The van der Waals surface area contributed by atoms with Gasteiger partial charge in [-0.2, -0.15) is 12.8 Å². The summed E-state index contributed by atoms with van der Waals surface area (Å²) in [5.74, 6) is 1.72. The molecule has 56 valence electrons. The van der Waals surface area contributed by atoms with Crippen LogP contribution in [0, 0.1) is 18.3 Å². The Morgan fingerprint density at radius 3 is 1.78 bits per heavy atom. The second-order valence-electron chi connectivity index (χ2n) is 2.77. The SMILES string of the molecule is C[CH-]C(C)C(CC)CC. The molecule has 0 nitrogen and oxygen atoms in total. The van der Waals surface area contributed by atoms with Crippen molar-refractivity contribution in [3.63, 3.8) is 0 Å². The molecule has 0 heterocycles. The molecular formula is C9H19-. The number of rotatable bonds is 4. The highest BCUT2D eigenvalue weighted by Crippen LogP contribution is 2.20. The molecule has 0 bridgehead atoms. The highest BCUT2D eigenvalue weighted by atomic mass is 14.2. The van der Waals surface area contributed by atoms with Gasteiger partial charge in [-0.15, -0.1) is 0 Å². The fourth-order valence-electron chi connectivity index (χ4n) is 1.30. The molecule has 0 radical (unpaired) electrons. The summed E-state index contributed by atoms with van der Waals surface area (Å²) in [6.07, 6.45) is 4.95. The first-order valence-electron chi connectivity index (χ1n) is 4.05. The summed E-state index contributed by atoms with van der Waals surface area (Å²) in [4.78, 5) is 0. The van der Waals surface area contributed by atoms with Crippen molar-refractivity contribution in [3.8, 4) is 0 Å². The second-order valence-corrected chi connectivity index (χ2v) is 2.77. The third kappa shape index (κ3) is 2.88. The highest BCUT2D eigenvalue weighted by Gasteiger charge is 2.03. The normalized spacial score (nSPS) is 14.3. The molecular weight excluding hydrogens is 108 g/mol. The molecule has 1 atom stereocenters. The first-order valence-corrected chi connectivity index (χ1v) is 4.05. The average Bonchev–Trinajstić information content (AvgIpc) is 1.90. The minimum atomic E-state index is 0.806. The van der Waals surface area contributed by atoms with Crippen molar-refractivity contribution < 1.29 is 0 Å². The van der Waals surface area contributed by atoms with Gasteiger partial charge < -0.3 is 6.42 Å². The molecule has 0 rings (SSSR count). The zero-order valence-electron chi connectivity index (χ0n) is 7.15. The lowest BCUT2D eigenvalue weighted by molar-refractivity contribution is 0.375. The summed E-state index contributed by atoms with van der Waals surface area (Å²) in [6, 6.07) is 0. The van der Waals surface area contributed by atoms with Crippen molar-refractivity contribution in [3.05, 3.63) is 6.42 Å². The maximum absolute atomic E-state index is 2.30. The van der Waals surface area contributed by atoms with Crippen molar-refractivity contribution >= 4 is 0 Å². The van der Waals surface area contributed by atoms with E-state index in [1.54, 1.807) is 0 Å². The van der Waals surface area contributed by atoms with Crippen LogP contribution in [0.3, 0.4) is 0 Å². The van der Waals surface area contributed by atoms with Gasteiger partial charge in [0.25, 0.3) is 0 Å². The molecule has 0 N–H and O–H groups in total. The van der Waals surface area contributed by atoms with Gasteiger partial charge in [-0.1, -0.05) is 39.5 Å². The Balaban J connectivity index is 3.50. The van der Waals surface area contributed by atoms with E-state index in [0.29, 0.717) is 0 Å². The largest absolute Gasteiger partial charge is 0.328 e. The molecule has 0 aliphatic carbocycles. The minimum absolute atomic E-state index is 0.806. The van der Waals surface area contributed by atoms with Crippen LogP contribution in [0.4, 0.5) is 0 Å². The minimum Gasteiger partial charge on any atom is -0.328 e. The van der Waals surface area contributed by atoms with Gasteiger partial charge in [-0.25, -0.2) is 0 Å². The Labute approximate surface area is 59.7 Å². The smallest absolute Gasteiger partial charge is 0.0555 e. The third-order valence-electron chi connectivity index (χ3n) is 2.32. The quantitative estimate of drug-likeness (QED) is 0.508. The molecule has 0 saturated carbocycles. The lowest BCUT2D eigenvalue weighted by Crippen LogP contribution is -2.08. The summed E-state index contributed by atoms with van der Waals surface area (Å²) >= 11 is 0. The Bertz CT molecular complexity index is 53.1. The standard InChI is InChI=1S/C9H19/c1-5-8(4)9(6-2)7-3/h5,8-9H,6-7H2,1-4H3/q-1. The maximum Gasteiger partial charge on any atom is -0.0555 e. The Kier molecular flexibility index (Phi) is 4.84. The van der Waals surface area contributed by atoms with Crippen LogP contribution in [-0.4, -0.2) is 0 Å². The predicted octanol–water partition coefficient (Wildman–Crippen LogP) is 3.28. The molecule has 0 aromatic carbocycles. The molecule has 1 unspecified atom stereocenters. The summed E-state index contributed by atoms with van der Waals surface area (Å²) < 4.78 is 0. The molecule has 0 spiro atoms. The van der Waals surface area contributed by atoms with Crippen LogP contribution in [0.1, 0.15) is 40.5 Å². The van der Waals surface area contributed by atoms with E-state index in [1.165, 1.54) is 12.8 Å². The lowest BCUT2D eigenvalue weighted by atomic mass is 9.88. The van der Waals surface area contributed by atoms with Crippen LogP contribution in [0.15, 0.2) is 0 Å². The summed E-state index contributed by atoms with van der Waals surface area (Å²) in [6.45, 7) is 9.00. The van der Waals surface area contributed by atoms with Crippen LogP contribution in [0.25, 0.3) is 0 Å². The van der Waals surface area contributed by atoms with Gasteiger partial charge in [0.2, 0.25) is 0 Å². The fourth-order valence-corrected chi connectivity index (χ4v) is 1.30. The third-order valence-corrected chi connectivity index (χ3v) is 2.32. The van der Waals surface area contributed by atoms with E-state index in [9.17, 15) is 0 Å². The summed E-state index contributed by atoms with van der Waals surface area (Å²) in [5, 5.41) is 0. The Hall–Kier alpha value is 0. The Morgan fingerprint density at radius 2 is 1.67 bits per heavy atom. The molecule has 0 amide bonds. The Morgan fingerprint density at radius 1 is 1.22 bits per heavy atom. The average molecular weight is 127 g/mol. The summed E-state index contributed by atoms with van der Waals surface area (Å²) in [5.41, 5.74) is 0. The molecule has 9 heavy (non-hydrogen) atoms. The first-order chi connectivity index (χ1) is 4.26. The number of hydrogen-bond donors (Lipinski definition) is 0. The van der Waals surface area contributed by atoms with Crippen LogP contribution in [-0.2, 0) is 0 Å². The maximum atomic E-state index is 2.30. The van der Waals surface area contributed by atoms with Gasteiger partial charge in [0, 0.05) is 0 Å². The second kappa shape index (κ2) is 4.84. The molecule has 0 heteroatoms. The topological polar surface area (TPSA) is 0 Å². The molecule has 0 aliphatic rings. The zero-order valence-corrected chi connectivity index (χ0v) is 7.15. The van der Waals surface area contributed by atoms with Gasteiger partial charge in [0.05, 0.1) is 0 Å².